The highest BCUT2D eigenvalue weighted by atomic mass is 32.1. The first-order valence-corrected chi connectivity index (χ1v) is 8.45. The molecule has 0 bridgehead atoms. The monoisotopic (exact) mass is 346 g/mol. The molecule has 1 aromatic carbocycles. The lowest BCUT2D eigenvalue weighted by Gasteiger charge is -2.16. The Morgan fingerprint density at radius 1 is 1.25 bits per heavy atom. The van der Waals surface area contributed by atoms with Crippen molar-refractivity contribution in [2.75, 3.05) is 6.79 Å². The highest BCUT2D eigenvalue weighted by Gasteiger charge is 2.18. The lowest BCUT2D eigenvalue weighted by atomic mass is 10.1. The zero-order chi connectivity index (χ0) is 16.9. The summed E-state index contributed by atoms with van der Waals surface area (Å²) >= 11 is 1.52. The molecule has 0 radical (unpaired) electrons. The zero-order valence-electron chi connectivity index (χ0n) is 13.2. The third-order valence-corrected chi connectivity index (χ3v) is 4.57. The maximum atomic E-state index is 12.2. The minimum absolute atomic E-state index is 0.125. The smallest absolute Gasteiger partial charge is 0.231 e. The number of hydrogen-bond acceptors (Lipinski definition) is 5. The SMILES string of the molecule is CC(=O)N[C@@H](CC(=O)NCc1ccc2c(c1)OCO2)c1cccs1. The number of carbonyl (C=O) groups is 2. The molecule has 0 unspecified atom stereocenters. The Kier molecular flexibility index (Phi) is 5.00. The van der Waals surface area contributed by atoms with Gasteiger partial charge in [-0.1, -0.05) is 12.1 Å². The first-order valence-electron chi connectivity index (χ1n) is 7.57. The van der Waals surface area contributed by atoms with Gasteiger partial charge in [0.25, 0.3) is 0 Å². The summed E-state index contributed by atoms with van der Waals surface area (Å²) < 4.78 is 10.6. The Bertz CT molecular complexity index is 730. The summed E-state index contributed by atoms with van der Waals surface area (Å²) in [6.07, 6.45) is 0.199. The van der Waals surface area contributed by atoms with Crippen LogP contribution in [0.3, 0.4) is 0 Å². The van der Waals surface area contributed by atoms with Gasteiger partial charge in [-0.25, -0.2) is 0 Å². The van der Waals surface area contributed by atoms with Crippen molar-refractivity contribution < 1.29 is 19.1 Å². The summed E-state index contributed by atoms with van der Waals surface area (Å²) in [5, 5.41) is 7.62. The molecular weight excluding hydrogens is 328 g/mol. The number of thiophene rings is 1. The van der Waals surface area contributed by atoms with Gasteiger partial charge in [0.15, 0.2) is 11.5 Å². The molecular formula is C17H18N2O4S. The van der Waals surface area contributed by atoms with Gasteiger partial charge in [0.1, 0.15) is 0 Å². The van der Waals surface area contributed by atoms with E-state index in [0.29, 0.717) is 18.0 Å². The standard InChI is InChI=1S/C17H18N2O4S/c1-11(20)19-13(16-3-2-6-24-16)8-17(21)18-9-12-4-5-14-15(7-12)23-10-22-14/h2-7,13H,8-10H2,1H3,(H,18,21)(H,19,20)/t13-/m0/s1. The van der Waals surface area contributed by atoms with Gasteiger partial charge in [-0.2, -0.15) is 0 Å². The van der Waals surface area contributed by atoms with Crippen LogP contribution in [0.4, 0.5) is 0 Å². The van der Waals surface area contributed by atoms with Crippen LogP contribution in [0, 0.1) is 0 Å². The van der Waals surface area contributed by atoms with E-state index in [2.05, 4.69) is 10.6 Å². The van der Waals surface area contributed by atoms with Crippen LogP contribution in [0.25, 0.3) is 0 Å². The molecule has 6 nitrogen and oxygen atoms in total. The summed E-state index contributed by atoms with van der Waals surface area (Å²) in [6, 6.07) is 9.08. The minimum atomic E-state index is -0.306. The van der Waals surface area contributed by atoms with Crippen molar-refractivity contribution in [2.45, 2.75) is 25.9 Å². The molecule has 2 N–H and O–H groups in total. The molecule has 0 spiro atoms. The van der Waals surface area contributed by atoms with E-state index in [1.165, 1.54) is 18.3 Å². The number of hydrogen-bond donors (Lipinski definition) is 2. The van der Waals surface area contributed by atoms with E-state index >= 15 is 0 Å². The van der Waals surface area contributed by atoms with E-state index in [-0.39, 0.29) is 31.1 Å². The van der Waals surface area contributed by atoms with Gasteiger partial charge in [0, 0.05) is 18.3 Å². The molecule has 1 aromatic heterocycles. The summed E-state index contributed by atoms with van der Waals surface area (Å²) in [5.74, 6) is 1.13. The third-order valence-electron chi connectivity index (χ3n) is 3.58. The van der Waals surface area contributed by atoms with Crippen LogP contribution >= 0.6 is 11.3 Å². The number of carbonyl (C=O) groups excluding carboxylic acids is 2. The molecule has 0 fully saturated rings. The van der Waals surface area contributed by atoms with Crippen molar-refractivity contribution in [2.24, 2.45) is 0 Å². The van der Waals surface area contributed by atoms with Crippen LogP contribution < -0.4 is 20.1 Å². The van der Waals surface area contributed by atoms with Crippen LogP contribution in [-0.4, -0.2) is 18.6 Å². The van der Waals surface area contributed by atoms with Crippen molar-refractivity contribution >= 4 is 23.2 Å². The molecule has 24 heavy (non-hydrogen) atoms. The summed E-state index contributed by atoms with van der Waals surface area (Å²) in [5.41, 5.74) is 0.930. The maximum Gasteiger partial charge on any atom is 0.231 e. The Morgan fingerprint density at radius 3 is 2.83 bits per heavy atom. The molecule has 1 aliphatic heterocycles. The van der Waals surface area contributed by atoms with Gasteiger partial charge in [0.2, 0.25) is 18.6 Å². The molecule has 3 rings (SSSR count). The lowest BCUT2D eigenvalue weighted by molar-refractivity contribution is -0.122. The van der Waals surface area contributed by atoms with Crippen LogP contribution in [0.15, 0.2) is 35.7 Å². The number of fused-ring (bicyclic) bond motifs is 1. The van der Waals surface area contributed by atoms with E-state index < -0.39 is 0 Å². The first-order chi connectivity index (χ1) is 11.6. The van der Waals surface area contributed by atoms with E-state index in [1.807, 2.05) is 35.7 Å². The van der Waals surface area contributed by atoms with Crippen LogP contribution in [0.1, 0.15) is 29.8 Å². The number of amides is 2. The van der Waals surface area contributed by atoms with Crippen LogP contribution in [-0.2, 0) is 16.1 Å². The summed E-state index contributed by atoms with van der Waals surface area (Å²) in [7, 11) is 0. The van der Waals surface area contributed by atoms with E-state index in [0.717, 1.165) is 10.4 Å². The van der Waals surface area contributed by atoms with Gasteiger partial charge < -0.3 is 20.1 Å². The van der Waals surface area contributed by atoms with E-state index in [4.69, 9.17) is 9.47 Å². The number of nitrogens with one attached hydrogen (secondary N) is 2. The quantitative estimate of drug-likeness (QED) is 0.842. The molecule has 2 amide bonds. The molecule has 7 heteroatoms. The number of rotatable bonds is 6. The fourth-order valence-electron chi connectivity index (χ4n) is 2.47. The Balaban J connectivity index is 1.57. The summed E-state index contributed by atoms with van der Waals surface area (Å²) in [4.78, 5) is 24.5. The average molecular weight is 346 g/mol. The topological polar surface area (TPSA) is 76.7 Å². The molecule has 126 valence electrons. The number of benzene rings is 1. The molecule has 2 aromatic rings. The molecule has 1 aliphatic rings. The molecule has 0 saturated heterocycles. The molecule has 0 saturated carbocycles. The van der Waals surface area contributed by atoms with E-state index in [9.17, 15) is 9.59 Å². The molecule has 2 heterocycles. The minimum Gasteiger partial charge on any atom is -0.454 e. The van der Waals surface area contributed by atoms with Gasteiger partial charge in [-0.15, -0.1) is 11.3 Å². The average Bonchev–Trinajstić information content (AvgIpc) is 3.22. The van der Waals surface area contributed by atoms with Gasteiger partial charge in [-0.3, -0.25) is 9.59 Å². The zero-order valence-corrected chi connectivity index (χ0v) is 14.0. The van der Waals surface area contributed by atoms with Crippen molar-refractivity contribution in [3.63, 3.8) is 0 Å². The largest absolute Gasteiger partial charge is 0.454 e. The summed E-state index contributed by atoms with van der Waals surface area (Å²) in [6.45, 7) is 2.07. The predicted octanol–water partition coefficient (Wildman–Crippen LogP) is 2.36. The Labute approximate surface area is 143 Å². The fourth-order valence-corrected chi connectivity index (χ4v) is 3.24. The van der Waals surface area contributed by atoms with Crippen LogP contribution in [0.2, 0.25) is 0 Å². The van der Waals surface area contributed by atoms with Crippen molar-refractivity contribution in [1.29, 1.82) is 0 Å². The van der Waals surface area contributed by atoms with Crippen molar-refractivity contribution in [3.8, 4) is 11.5 Å². The number of ether oxygens (including phenoxy) is 2. The fraction of sp³-hybridized carbons (Fsp3) is 0.294. The highest BCUT2D eigenvalue weighted by molar-refractivity contribution is 7.10. The molecule has 1 atom stereocenters. The van der Waals surface area contributed by atoms with Crippen molar-refractivity contribution in [3.05, 3.63) is 46.2 Å². The van der Waals surface area contributed by atoms with Gasteiger partial charge >= 0.3 is 0 Å². The maximum absolute atomic E-state index is 12.2. The van der Waals surface area contributed by atoms with Gasteiger partial charge in [0.05, 0.1) is 12.5 Å². The second kappa shape index (κ2) is 7.35. The normalized spacial score (nSPS) is 13.4. The van der Waals surface area contributed by atoms with Gasteiger partial charge in [-0.05, 0) is 29.1 Å². The Morgan fingerprint density at radius 2 is 2.08 bits per heavy atom. The van der Waals surface area contributed by atoms with Crippen molar-refractivity contribution in [1.82, 2.24) is 10.6 Å². The second-order valence-electron chi connectivity index (χ2n) is 5.44. The first kappa shape index (κ1) is 16.3. The molecule has 0 aliphatic carbocycles. The third kappa shape index (κ3) is 4.05. The Hall–Kier alpha value is -2.54. The second-order valence-corrected chi connectivity index (χ2v) is 6.42. The van der Waals surface area contributed by atoms with Crippen LogP contribution in [0.5, 0.6) is 11.5 Å². The highest BCUT2D eigenvalue weighted by Crippen LogP contribution is 2.32. The van der Waals surface area contributed by atoms with E-state index in [1.54, 1.807) is 0 Å². The lowest BCUT2D eigenvalue weighted by Crippen LogP contribution is -2.32. The predicted molar refractivity (Wildman–Crippen MR) is 89.9 cm³/mol.